The van der Waals surface area contributed by atoms with Crippen LogP contribution in [0.3, 0.4) is 0 Å². The molecule has 0 bridgehead atoms. The lowest BCUT2D eigenvalue weighted by Gasteiger charge is -2.16. The van der Waals surface area contributed by atoms with Gasteiger partial charge < -0.3 is 20.3 Å². The number of anilines is 1. The van der Waals surface area contributed by atoms with E-state index in [1.54, 1.807) is 13.1 Å². The number of methoxy groups -OCH3 is 1. The highest BCUT2D eigenvalue weighted by Gasteiger charge is 2.35. The molecule has 0 amide bonds. The molecule has 2 heterocycles. The van der Waals surface area contributed by atoms with E-state index < -0.39 is 24.1 Å². The van der Waals surface area contributed by atoms with Crippen LogP contribution in [0.1, 0.15) is 18.2 Å². The molecule has 0 aliphatic carbocycles. The van der Waals surface area contributed by atoms with Crippen LogP contribution < -0.4 is 11.4 Å². The van der Waals surface area contributed by atoms with Crippen LogP contribution in [0, 0.1) is 6.92 Å². The van der Waals surface area contributed by atoms with Crippen LogP contribution in [0.5, 0.6) is 0 Å². The van der Waals surface area contributed by atoms with Crippen molar-refractivity contribution >= 4 is 5.82 Å². The monoisotopic (exact) mass is 255 g/mol. The summed E-state index contributed by atoms with van der Waals surface area (Å²) in [5.41, 5.74) is 5.77. The number of aryl methyl sites for hydroxylation is 1. The van der Waals surface area contributed by atoms with E-state index in [1.807, 2.05) is 0 Å². The number of ether oxygens (including phenoxy) is 2. The highest BCUT2D eigenvalue weighted by atomic mass is 16.6. The van der Waals surface area contributed by atoms with Crippen molar-refractivity contribution in [3.8, 4) is 0 Å². The smallest absolute Gasteiger partial charge is 0.351 e. The van der Waals surface area contributed by atoms with E-state index in [9.17, 15) is 9.90 Å². The van der Waals surface area contributed by atoms with Crippen molar-refractivity contribution in [2.45, 2.75) is 31.8 Å². The molecule has 1 unspecified atom stereocenters. The molecule has 1 aliphatic rings. The first-order chi connectivity index (χ1) is 8.52. The van der Waals surface area contributed by atoms with Gasteiger partial charge >= 0.3 is 5.69 Å². The summed E-state index contributed by atoms with van der Waals surface area (Å²) in [6.07, 6.45) is 0.319. The first kappa shape index (κ1) is 13.0. The van der Waals surface area contributed by atoms with E-state index in [-0.39, 0.29) is 12.4 Å². The molecule has 7 heteroatoms. The minimum atomic E-state index is -0.653. The second-order valence-corrected chi connectivity index (χ2v) is 4.39. The van der Waals surface area contributed by atoms with Crippen LogP contribution in [0.15, 0.2) is 11.0 Å². The van der Waals surface area contributed by atoms with E-state index >= 15 is 0 Å². The molecule has 1 fully saturated rings. The number of nitrogens with two attached hydrogens (primary N) is 1. The first-order valence-corrected chi connectivity index (χ1v) is 5.70. The van der Waals surface area contributed by atoms with E-state index in [0.717, 1.165) is 0 Å². The Bertz CT molecular complexity index is 488. The SMILES string of the molecule is COCC1O[C@@H](n2cc(C)c(N)nc2=O)C[C@H]1O. The third kappa shape index (κ3) is 2.38. The quantitative estimate of drug-likeness (QED) is 0.750. The molecule has 100 valence electrons. The summed E-state index contributed by atoms with van der Waals surface area (Å²) in [5.74, 6) is 0.211. The molecule has 0 spiro atoms. The van der Waals surface area contributed by atoms with Gasteiger partial charge in [0.05, 0.1) is 12.7 Å². The number of hydrogen-bond donors (Lipinski definition) is 2. The minimum absolute atomic E-state index is 0.211. The number of aliphatic hydroxyl groups excluding tert-OH is 1. The van der Waals surface area contributed by atoms with Gasteiger partial charge in [-0.05, 0) is 6.92 Å². The Morgan fingerprint density at radius 2 is 2.44 bits per heavy atom. The number of rotatable bonds is 3. The summed E-state index contributed by atoms with van der Waals surface area (Å²) < 4.78 is 11.9. The lowest BCUT2D eigenvalue weighted by Crippen LogP contribution is -2.29. The van der Waals surface area contributed by atoms with Crippen molar-refractivity contribution in [1.29, 1.82) is 0 Å². The van der Waals surface area contributed by atoms with E-state index in [4.69, 9.17) is 15.2 Å². The fourth-order valence-corrected chi connectivity index (χ4v) is 1.99. The second kappa shape index (κ2) is 5.05. The van der Waals surface area contributed by atoms with Crippen molar-refractivity contribution in [3.63, 3.8) is 0 Å². The summed E-state index contributed by atoms with van der Waals surface area (Å²) in [4.78, 5) is 15.4. The first-order valence-electron chi connectivity index (χ1n) is 5.70. The van der Waals surface area contributed by atoms with Crippen LogP contribution in [-0.4, -0.2) is 40.6 Å². The highest BCUT2D eigenvalue weighted by Crippen LogP contribution is 2.28. The summed E-state index contributed by atoms with van der Waals surface area (Å²) in [6.45, 7) is 2.05. The summed E-state index contributed by atoms with van der Waals surface area (Å²) in [5, 5.41) is 9.80. The lowest BCUT2D eigenvalue weighted by molar-refractivity contribution is -0.0547. The van der Waals surface area contributed by atoms with Gasteiger partial charge in [0.2, 0.25) is 0 Å². The number of aliphatic hydroxyl groups is 1. The molecule has 7 nitrogen and oxygen atoms in total. The van der Waals surface area contributed by atoms with Gasteiger partial charge in [-0.25, -0.2) is 4.79 Å². The number of hydrogen-bond acceptors (Lipinski definition) is 6. The fourth-order valence-electron chi connectivity index (χ4n) is 1.99. The molecular formula is C11H17N3O4. The third-order valence-electron chi connectivity index (χ3n) is 3.02. The Labute approximate surface area is 104 Å². The maximum Gasteiger partial charge on any atom is 0.351 e. The summed E-state index contributed by atoms with van der Waals surface area (Å²) in [6, 6.07) is 0. The molecule has 0 saturated carbocycles. The van der Waals surface area contributed by atoms with Crippen LogP contribution in [0.25, 0.3) is 0 Å². The summed E-state index contributed by atoms with van der Waals surface area (Å²) in [7, 11) is 1.53. The lowest BCUT2D eigenvalue weighted by atomic mass is 10.2. The van der Waals surface area contributed by atoms with Crippen molar-refractivity contribution < 1.29 is 14.6 Å². The zero-order valence-corrected chi connectivity index (χ0v) is 10.4. The van der Waals surface area contributed by atoms with Crippen LogP contribution in [-0.2, 0) is 9.47 Å². The molecule has 18 heavy (non-hydrogen) atoms. The minimum Gasteiger partial charge on any atom is -0.390 e. The van der Waals surface area contributed by atoms with Crippen LogP contribution >= 0.6 is 0 Å². The zero-order valence-electron chi connectivity index (χ0n) is 10.4. The topological polar surface area (TPSA) is 99.6 Å². The van der Waals surface area contributed by atoms with Gasteiger partial charge in [0, 0.05) is 25.3 Å². The maximum absolute atomic E-state index is 11.7. The average Bonchev–Trinajstić information content (AvgIpc) is 2.66. The number of nitrogens with zero attached hydrogens (tertiary/aromatic N) is 2. The van der Waals surface area contributed by atoms with Gasteiger partial charge in [-0.2, -0.15) is 4.98 Å². The Morgan fingerprint density at radius 3 is 3.11 bits per heavy atom. The number of nitrogen functional groups attached to an aromatic ring is 1. The molecule has 2 rings (SSSR count). The fraction of sp³-hybridized carbons (Fsp3) is 0.636. The molecule has 3 atom stereocenters. The Balaban J connectivity index is 2.24. The molecule has 1 aromatic heterocycles. The number of aromatic nitrogens is 2. The van der Waals surface area contributed by atoms with Gasteiger partial charge in [0.1, 0.15) is 18.1 Å². The van der Waals surface area contributed by atoms with Crippen molar-refractivity contribution in [2.75, 3.05) is 19.5 Å². The largest absolute Gasteiger partial charge is 0.390 e. The van der Waals surface area contributed by atoms with Crippen molar-refractivity contribution in [2.24, 2.45) is 0 Å². The predicted octanol–water partition coefficient (Wildman–Crippen LogP) is -0.571. The van der Waals surface area contributed by atoms with Gasteiger partial charge in [0.15, 0.2) is 0 Å². The summed E-state index contributed by atoms with van der Waals surface area (Å²) >= 11 is 0. The van der Waals surface area contributed by atoms with Gasteiger partial charge in [0.25, 0.3) is 0 Å². The normalized spacial score (nSPS) is 27.6. The van der Waals surface area contributed by atoms with Crippen LogP contribution in [0.4, 0.5) is 5.82 Å². The second-order valence-electron chi connectivity index (χ2n) is 4.39. The predicted molar refractivity (Wildman–Crippen MR) is 64.1 cm³/mol. The van der Waals surface area contributed by atoms with Gasteiger partial charge in [-0.3, -0.25) is 4.57 Å². The van der Waals surface area contributed by atoms with E-state index in [2.05, 4.69) is 4.98 Å². The molecular weight excluding hydrogens is 238 g/mol. The Kier molecular flexibility index (Phi) is 3.65. The molecule has 1 saturated heterocycles. The molecule has 3 N–H and O–H groups in total. The molecule has 0 radical (unpaired) electrons. The van der Waals surface area contributed by atoms with E-state index in [0.29, 0.717) is 12.0 Å². The Morgan fingerprint density at radius 1 is 1.72 bits per heavy atom. The van der Waals surface area contributed by atoms with Crippen LogP contribution in [0.2, 0.25) is 0 Å². The standard InChI is InChI=1S/C11H17N3O4/c1-6-4-14(11(16)13-10(6)12)9-3-7(15)8(18-9)5-17-2/h4,7-9,15H,3,5H2,1-2H3,(H2,12,13,16)/t7-,8?,9-/m1/s1. The molecule has 1 aromatic rings. The molecule has 1 aliphatic heterocycles. The average molecular weight is 255 g/mol. The van der Waals surface area contributed by atoms with Crippen molar-refractivity contribution in [3.05, 3.63) is 22.2 Å². The van der Waals surface area contributed by atoms with Gasteiger partial charge in [-0.15, -0.1) is 0 Å². The Hall–Kier alpha value is -1.44. The van der Waals surface area contributed by atoms with Crippen molar-refractivity contribution in [1.82, 2.24) is 9.55 Å². The maximum atomic E-state index is 11.7. The van der Waals surface area contributed by atoms with Gasteiger partial charge in [-0.1, -0.05) is 0 Å². The molecule has 0 aromatic carbocycles. The highest BCUT2D eigenvalue weighted by molar-refractivity contribution is 5.35. The zero-order chi connectivity index (χ0) is 13.3. The third-order valence-corrected chi connectivity index (χ3v) is 3.02. The van der Waals surface area contributed by atoms with E-state index in [1.165, 1.54) is 11.7 Å².